The second-order valence-electron chi connectivity index (χ2n) is 9.45. The van der Waals surface area contributed by atoms with Crippen molar-refractivity contribution >= 4 is 17.2 Å². The molecule has 1 aromatic heterocycles. The second-order valence-corrected chi connectivity index (χ2v) is 10.7. The van der Waals surface area contributed by atoms with Crippen molar-refractivity contribution in [3.05, 3.63) is 51.5 Å². The number of piperidine rings is 1. The van der Waals surface area contributed by atoms with E-state index in [0.717, 1.165) is 28.4 Å². The Morgan fingerprint density at radius 3 is 2.72 bits per heavy atom. The molecule has 1 saturated carbocycles. The molecule has 5 rings (SSSR count). The average molecular weight is 410 g/mol. The molecule has 1 N–H and O–H groups in total. The molecule has 1 aliphatic carbocycles. The zero-order valence-corrected chi connectivity index (χ0v) is 18.5. The highest BCUT2D eigenvalue weighted by Gasteiger charge is 2.59. The van der Waals surface area contributed by atoms with E-state index < -0.39 is 0 Å². The van der Waals surface area contributed by atoms with Crippen LogP contribution >= 0.6 is 11.3 Å². The van der Waals surface area contributed by atoms with Gasteiger partial charge in [0, 0.05) is 23.5 Å². The van der Waals surface area contributed by atoms with Gasteiger partial charge in [-0.25, -0.2) is 4.98 Å². The van der Waals surface area contributed by atoms with Gasteiger partial charge in [0.05, 0.1) is 16.7 Å². The van der Waals surface area contributed by atoms with Crippen LogP contribution in [-0.2, 0) is 6.42 Å². The molecule has 0 spiro atoms. The Labute approximate surface area is 177 Å². The summed E-state index contributed by atoms with van der Waals surface area (Å²) >= 11 is 1.56. The number of rotatable bonds is 3. The van der Waals surface area contributed by atoms with Crippen LogP contribution in [0, 0.1) is 19.3 Å². The Morgan fingerprint density at radius 2 is 2.00 bits per heavy atom. The van der Waals surface area contributed by atoms with Gasteiger partial charge >= 0.3 is 0 Å². The molecule has 2 aromatic rings. The molecular formula is C24H31N3OS. The van der Waals surface area contributed by atoms with E-state index in [-0.39, 0.29) is 17.4 Å². The number of fused-ring (bicyclic) bond motifs is 1. The summed E-state index contributed by atoms with van der Waals surface area (Å²) in [6, 6.07) is 12.1. The summed E-state index contributed by atoms with van der Waals surface area (Å²) in [7, 11) is 0. The molecule has 3 aliphatic rings. The van der Waals surface area contributed by atoms with E-state index in [1.54, 1.807) is 11.3 Å². The molecule has 4 nitrogen and oxygen atoms in total. The van der Waals surface area contributed by atoms with E-state index >= 15 is 0 Å². The molecule has 5 atom stereocenters. The first-order valence-electron chi connectivity index (χ1n) is 11.0. The average Bonchev–Trinajstić information content (AvgIpc) is 3.14. The Morgan fingerprint density at radius 1 is 1.24 bits per heavy atom. The molecule has 3 heterocycles. The van der Waals surface area contributed by atoms with Crippen LogP contribution in [0.3, 0.4) is 0 Å². The van der Waals surface area contributed by atoms with Crippen LogP contribution in [0.4, 0.5) is 0 Å². The quantitative estimate of drug-likeness (QED) is 0.811. The van der Waals surface area contributed by atoms with Gasteiger partial charge in [-0.2, -0.15) is 0 Å². The normalized spacial score (nSPS) is 33.6. The number of nitrogens with zero attached hydrogens (tertiary/aromatic N) is 2. The predicted octanol–water partition coefficient (Wildman–Crippen LogP) is 4.51. The number of likely N-dealkylation sites (tertiary alicyclic amines) is 1. The number of hydrogen-bond acceptors (Lipinski definition) is 4. The predicted molar refractivity (Wildman–Crippen MR) is 117 cm³/mol. The monoisotopic (exact) mass is 409 g/mol. The lowest BCUT2D eigenvalue weighted by molar-refractivity contribution is 0.00344. The fraction of sp³-hybridized carbons (Fsp3) is 0.583. The number of carbonyl (C=O) groups is 1. The van der Waals surface area contributed by atoms with Gasteiger partial charge in [0.1, 0.15) is 4.88 Å². The molecule has 1 aromatic carbocycles. The first-order chi connectivity index (χ1) is 14.0. The van der Waals surface area contributed by atoms with Gasteiger partial charge in [0.2, 0.25) is 0 Å². The van der Waals surface area contributed by atoms with Crippen molar-refractivity contribution in [1.82, 2.24) is 15.2 Å². The minimum atomic E-state index is 0.178. The molecule has 2 bridgehead atoms. The van der Waals surface area contributed by atoms with Crippen LogP contribution in [0.1, 0.15) is 65.0 Å². The summed E-state index contributed by atoms with van der Waals surface area (Å²) in [4.78, 5) is 21.7. The molecule has 2 aliphatic heterocycles. The minimum absolute atomic E-state index is 0.178. The number of thiazole rings is 1. The van der Waals surface area contributed by atoms with Crippen LogP contribution in [0.5, 0.6) is 0 Å². The van der Waals surface area contributed by atoms with Crippen LogP contribution in [0.15, 0.2) is 30.3 Å². The van der Waals surface area contributed by atoms with Gasteiger partial charge in [0.25, 0.3) is 5.91 Å². The van der Waals surface area contributed by atoms with Crippen molar-refractivity contribution in [3.63, 3.8) is 0 Å². The van der Waals surface area contributed by atoms with E-state index in [1.807, 2.05) is 13.8 Å². The third-order valence-corrected chi connectivity index (χ3v) is 8.69. The third kappa shape index (κ3) is 3.14. The highest BCUT2D eigenvalue weighted by atomic mass is 32.1. The lowest BCUT2D eigenvalue weighted by Crippen LogP contribution is -2.61. The maximum Gasteiger partial charge on any atom is 0.266 e. The van der Waals surface area contributed by atoms with Gasteiger partial charge < -0.3 is 10.2 Å². The van der Waals surface area contributed by atoms with Gasteiger partial charge in [-0.15, -0.1) is 11.3 Å². The standard InChI is InChI=1S/C24H31N3OS/c1-15-22(29-16(2)25-15)23(28)27-19(13-17-9-5-4-6-10-17)18-14-24(3)20(26-18)11-7-8-12-21(24)27/h4-6,9-10,18-21,26H,7-8,11-14H2,1-3H3/t18-,19-,20-,21+,24-/m0/s1. The Kier molecular flexibility index (Phi) is 4.78. The topological polar surface area (TPSA) is 45.2 Å². The van der Waals surface area contributed by atoms with Gasteiger partial charge in [-0.1, -0.05) is 50.1 Å². The van der Waals surface area contributed by atoms with Crippen molar-refractivity contribution in [2.45, 2.75) is 83.5 Å². The highest BCUT2D eigenvalue weighted by molar-refractivity contribution is 7.13. The van der Waals surface area contributed by atoms with Crippen molar-refractivity contribution in [2.24, 2.45) is 5.41 Å². The van der Waals surface area contributed by atoms with E-state index in [0.29, 0.717) is 18.1 Å². The van der Waals surface area contributed by atoms with Gasteiger partial charge in [-0.05, 0) is 45.1 Å². The number of aryl methyl sites for hydroxylation is 2. The summed E-state index contributed by atoms with van der Waals surface area (Å²) < 4.78 is 0. The van der Waals surface area contributed by atoms with E-state index in [4.69, 9.17) is 0 Å². The Balaban J connectivity index is 1.58. The SMILES string of the molecule is Cc1nc(C)c(C(=O)N2[C@@H](Cc3ccccc3)[C@@H]3C[C@@]4(C)[C@H](CCCC[C@@H]24)N3)s1. The molecule has 154 valence electrons. The largest absolute Gasteiger partial charge is 0.329 e. The van der Waals surface area contributed by atoms with Gasteiger partial charge in [0.15, 0.2) is 0 Å². The number of benzene rings is 1. The van der Waals surface area contributed by atoms with Crippen molar-refractivity contribution < 1.29 is 4.79 Å². The third-order valence-electron chi connectivity index (χ3n) is 7.63. The maximum absolute atomic E-state index is 14.0. The fourth-order valence-corrected chi connectivity index (χ4v) is 7.15. The summed E-state index contributed by atoms with van der Waals surface area (Å²) in [6.07, 6.45) is 6.94. The molecule has 0 unspecified atom stereocenters. The lowest BCUT2D eigenvalue weighted by Gasteiger charge is -2.51. The molecule has 2 saturated heterocycles. The van der Waals surface area contributed by atoms with Crippen LogP contribution in [-0.4, -0.2) is 40.0 Å². The van der Waals surface area contributed by atoms with Crippen LogP contribution in [0.2, 0.25) is 0 Å². The van der Waals surface area contributed by atoms with Crippen LogP contribution in [0.25, 0.3) is 0 Å². The first kappa shape index (κ1) is 19.3. The number of amides is 1. The smallest absolute Gasteiger partial charge is 0.266 e. The Hall–Kier alpha value is -1.72. The summed E-state index contributed by atoms with van der Waals surface area (Å²) in [6.45, 7) is 6.42. The number of hydrogen-bond donors (Lipinski definition) is 1. The van der Waals surface area contributed by atoms with E-state index in [9.17, 15) is 4.79 Å². The lowest BCUT2D eigenvalue weighted by atomic mass is 9.69. The van der Waals surface area contributed by atoms with Crippen molar-refractivity contribution in [1.29, 1.82) is 0 Å². The zero-order chi connectivity index (χ0) is 20.2. The van der Waals surface area contributed by atoms with Gasteiger partial charge in [-0.3, -0.25) is 4.79 Å². The minimum Gasteiger partial charge on any atom is -0.329 e. The first-order valence-corrected chi connectivity index (χ1v) is 11.9. The summed E-state index contributed by atoms with van der Waals surface area (Å²) in [5.41, 5.74) is 2.38. The fourth-order valence-electron chi connectivity index (χ4n) is 6.29. The number of aromatic nitrogens is 1. The zero-order valence-electron chi connectivity index (χ0n) is 17.6. The molecule has 1 amide bonds. The Bertz CT molecular complexity index is 910. The summed E-state index contributed by atoms with van der Waals surface area (Å²) in [5.74, 6) is 0.208. The second kappa shape index (κ2) is 7.21. The highest BCUT2D eigenvalue weighted by Crippen LogP contribution is 2.51. The molecule has 3 fully saturated rings. The van der Waals surface area contributed by atoms with E-state index in [1.165, 1.54) is 31.2 Å². The number of carbonyl (C=O) groups excluding carboxylic acids is 1. The van der Waals surface area contributed by atoms with Crippen molar-refractivity contribution in [2.75, 3.05) is 0 Å². The number of nitrogens with one attached hydrogen (secondary N) is 1. The van der Waals surface area contributed by atoms with E-state index in [2.05, 4.69) is 52.5 Å². The molecular weight excluding hydrogens is 378 g/mol. The van der Waals surface area contributed by atoms with Crippen molar-refractivity contribution in [3.8, 4) is 0 Å². The maximum atomic E-state index is 14.0. The molecule has 0 radical (unpaired) electrons. The molecule has 5 heteroatoms. The molecule has 29 heavy (non-hydrogen) atoms. The van der Waals surface area contributed by atoms with Crippen LogP contribution < -0.4 is 5.32 Å². The summed E-state index contributed by atoms with van der Waals surface area (Å²) in [5, 5.41) is 4.97.